The van der Waals surface area contributed by atoms with Crippen LogP contribution in [0.15, 0.2) is 24.3 Å². The number of amides is 1. The third-order valence-electron chi connectivity index (χ3n) is 2.18. The molecule has 0 aliphatic carbocycles. The lowest BCUT2D eigenvalue weighted by Gasteiger charge is -2.04. The van der Waals surface area contributed by atoms with Crippen LogP contribution < -0.4 is 5.32 Å². The van der Waals surface area contributed by atoms with Crippen molar-refractivity contribution >= 4 is 29.3 Å². The molecule has 2 nitrogen and oxygen atoms in total. The van der Waals surface area contributed by atoms with Gasteiger partial charge in [-0.15, -0.1) is 11.6 Å². The Morgan fingerprint density at radius 2 is 2.06 bits per heavy atom. The summed E-state index contributed by atoms with van der Waals surface area (Å²) < 4.78 is 0. The molecule has 0 aliphatic rings. The van der Waals surface area contributed by atoms with Crippen molar-refractivity contribution in [2.75, 3.05) is 18.6 Å². The summed E-state index contributed by atoms with van der Waals surface area (Å²) in [6, 6.07) is 7.37. The Kier molecular flexibility index (Phi) is 6.34. The van der Waals surface area contributed by atoms with Crippen LogP contribution in [0.2, 0.25) is 0 Å². The molecular weight excluding hydrogens is 242 g/mol. The maximum Gasteiger partial charge on any atom is 0.251 e. The average molecular weight is 258 g/mol. The molecule has 0 atom stereocenters. The van der Waals surface area contributed by atoms with Crippen LogP contribution >= 0.6 is 23.4 Å². The lowest BCUT2D eigenvalue weighted by atomic mass is 10.1. The quantitative estimate of drug-likeness (QED) is 0.627. The molecular formula is C12H16ClNOS. The molecule has 0 aliphatic heterocycles. The number of halogens is 1. The first-order valence-corrected chi connectivity index (χ1v) is 7.13. The van der Waals surface area contributed by atoms with E-state index in [4.69, 9.17) is 11.6 Å². The van der Waals surface area contributed by atoms with Crippen LogP contribution in [0.1, 0.15) is 22.3 Å². The van der Waals surface area contributed by atoms with Crippen molar-refractivity contribution in [2.45, 2.75) is 12.3 Å². The normalized spacial score (nSPS) is 10.1. The molecule has 0 saturated heterocycles. The largest absolute Gasteiger partial charge is 0.352 e. The standard InChI is InChI=1S/C12H16ClNOS/c1-16-8-2-7-14-12(15)11-5-3-10(9-13)4-6-11/h3-6H,2,7-9H2,1H3,(H,14,15). The van der Waals surface area contributed by atoms with Crippen molar-refractivity contribution in [3.63, 3.8) is 0 Å². The topological polar surface area (TPSA) is 29.1 Å². The summed E-state index contributed by atoms with van der Waals surface area (Å²) in [5, 5.41) is 2.89. The number of benzene rings is 1. The minimum Gasteiger partial charge on any atom is -0.352 e. The van der Waals surface area contributed by atoms with Crippen molar-refractivity contribution in [3.05, 3.63) is 35.4 Å². The molecule has 0 heterocycles. The summed E-state index contributed by atoms with van der Waals surface area (Å²) in [6.45, 7) is 0.733. The van der Waals surface area contributed by atoms with Gasteiger partial charge in [0.25, 0.3) is 5.91 Å². The number of thioether (sulfide) groups is 1. The van der Waals surface area contributed by atoms with Gasteiger partial charge in [-0.05, 0) is 36.1 Å². The maximum absolute atomic E-state index is 11.7. The summed E-state index contributed by atoms with van der Waals surface area (Å²) in [6.07, 6.45) is 3.07. The molecule has 1 rings (SSSR count). The highest BCUT2D eigenvalue weighted by Gasteiger charge is 2.03. The molecule has 1 aromatic carbocycles. The van der Waals surface area contributed by atoms with E-state index in [1.165, 1.54) is 0 Å². The fraction of sp³-hybridized carbons (Fsp3) is 0.417. The van der Waals surface area contributed by atoms with Crippen LogP contribution in [0.4, 0.5) is 0 Å². The van der Waals surface area contributed by atoms with E-state index in [1.807, 2.05) is 24.3 Å². The lowest BCUT2D eigenvalue weighted by molar-refractivity contribution is 0.0954. The summed E-state index contributed by atoms with van der Waals surface area (Å²) in [5.41, 5.74) is 1.72. The Balaban J connectivity index is 2.40. The SMILES string of the molecule is CSCCCNC(=O)c1ccc(CCl)cc1. The van der Waals surface area contributed by atoms with E-state index in [0.717, 1.165) is 24.3 Å². The molecule has 1 amide bonds. The average Bonchev–Trinajstić information content (AvgIpc) is 2.34. The Hall–Kier alpha value is -0.670. The molecule has 0 unspecified atom stereocenters. The fourth-order valence-electron chi connectivity index (χ4n) is 1.27. The summed E-state index contributed by atoms with van der Waals surface area (Å²) in [5.74, 6) is 1.54. The van der Waals surface area contributed by atoms with Crippen LogP contribution in [0.5, 0.6) is 0 Å². The minimum absolute atomic E-state index is 0.0118. The molecule has 0 spiro atoms. The predicted molar refractivity (Wildman–Crippen MR) is 71.3 cm³/mol. The third kappa shape index (κ3) is 4.45. The van der Waals surface area contributed by atoms with E-state index in [1.54, 1.807) is 11.8 Å². The summed E-state index contributed by atoms with van der Waals surface area (Å²) >= 11 is 7.46. The molecule has 88 valence electrons. The Bertz CT molecular complexity index is 326. The lowest BCUT2D eigenvalue weighted by Crippen LogP contribution is -2.24. The van der Waals surface area contributed by atoms with Gasteiger partial charge in [0.2, 0.25) is 0 Å². The highest BCUT2D eigenvalue weighted by Crippen LogP contribution is 2.06. The van der Waals surface area contributed by atoms with Crippen LogP contribution in [0, 0.1) is 0 Å². The van der Waals surface area contributed by atoms with Gasteiger partial charge in [-0.25, -0.2) is 0 Å². The van der Waals surface area contributed by atoms with Crippen molar-refractivity contribution in [1.82, 2.24) is 5.32 Å². The number of alkyl halides is 1. The molecule has 0 bridgehead atoms. The van der Waals surface area contributed by atoms with E-state index in [9.17, 15) is 4.79 Å². The first-order chi connectivity index (χ1) is 7.77. The number of rotatable bonds is 6. The summed E-state index contributed by atoms with van der Waals surface area (Å²) in [7, 11) is 0. The molecule has 0 aromatic heterocycles. The first kappa shape index (κ1) is 13.4. The highest BCUT2D eigenvalue weighted by atomic mass is 35.5. The van der Waals surface area contributed by atoms with Gasteiger partial charge >= 0.3 is 0 Å². The minimum atomic E-state index is -0.0118. The van der Waals surface area contributed by atoms with Crippen molar-refractivity contribution < 1.29 is 4.79 Å². The van der Waals surface area contributed by atoms with Crippen molar-refractivity contribution in [3.8, 4) is 0 Å². The zero-order valence-electron chi connectivity index (χ0n) is 9.33. The fourth-order valence-corrected chi connectivity index (χ4v) is 1.88. The van der Waals surface area contributed by atoms with Crippen molar-refractivity contribution in [2.24, 2.45) is 0 Å². The zero-order chi connectivity index (χ0) is 11.8. The second-order valence-corrected chi connectivity index (χ2v) is 4.69. The van der Waals surface area contributed by atoms with Crippen LogP contribution in [-0.4, -0.2) is 24.5 Å². The van der Waals surface area contributed by atoms with Gasteiger partial charge in [0, 0.05) is 18.0 Å². The predicted octanol–water partition coefficient (Wildman–Crippen LogP) is 2.91. The number of carbonyl (C=O) groups excluding carboxylic acids is 1. The number of hydrogen-bond acceptors (Lipinski definition) is 2. The monoisotopic (exact) mass is 257 g/mol. The molecule has 1 N–H and O–H groups in total. The summed E-state index contributed by atoms with van der Waals surface area (Å²) in [4.78, 5) is 11.7. The molecule has 1 aromatic rings. The molecule has 0 saturated carbocycles. The van der Waals surface area contributed by atoms with Crippen LogP contribution in [-0.2, 0) is 5.88 Å². The number of hydrogen-bond donors (Lipinski definition) is 1. The van der Waals surface area contributed by atoms with Gasteiger partial charge in [-0.1, -0.05) is 12.1 Å². The number of carbonyl (C=O) groups is 1. The zero-order valence-corrected chi connectivity index (χ0v) is 10.9. The van der Waals surface area contributed by atoms with Gasteiger partial charge in [0.1, 0.15) is 0 Å². The van der Waals surface area contributed by atoms with Crippen LogP contribution in [0.25, 0.3) is 0 Å². The molecule has 16 heavy (non-hydrogen) atoms. The Morgan fingerprint density at radius 3 is 2.62 bits per heavy atom. The van der Waals surface area contributed by atoms with Gasteiger partial charge in [0.15, 0.2) is 0 Å². The Labute approximate surface area is 106 Å². The van der Waals surface area contributed by atoms with E-state index in [0.29, 0.717) is 11.4 Å². The van der Waals surface area contributed by atoms with Gasteiger partial charge in [-0.3, -0.25) is 4.79 Å². The third-order valence-corrected chi connectivity index (χ3v) is 3.19. The van der Waals surface area contributed by atoms with E-state index < -0.39 is 0 Å². The van der Waals surface area contributed by atoms with E-state index in [-0.39, 0.29) is 5.91 Å². The molecule has 0 fully saturated rings. The van der Waals surface area contributed by atoms with Gasteiger partial charge in [0.05, 0.1) is 0 Å². The smallest absolute Gasteiger partial charge is 0.251 e. The first-order valence-electron chi connectivity index (χ1n) is 5.20. The number of nitrogens with one attached hydrogen (secondary N) is 1. The Morgan fingerprint density at radius 1 is 1.38 bits per heavy atom. The second-order valence-electron chi connectivity index (χ2n) is 3.43. The van der Waals surface area contributed by atoms with E-state index in [2.05, 4.69) is 11.6 Å². The van der Waals surface area contributed by atoms with Gasteiger partial charge in [-0.2, -0.15) is 11.8 Å². The van der Waals surface area contributed by atoms with E-state index >= 15 is 0 Å². The van der Waals surface area contributed by atoms with Crippen LogP contribution in [0.3, 0.4) is 0 Å². The second kappa shape index (κ2) is 7.58. The van der Waals surface area contributed by atoms with Gasteiger partial charge < -0.3 is 5.32 Å². The molecule has 4 heteroatoms. The molecule has 0 radical (unpaired) electrons. The highest BCUT2D eigenvalue weighted by molar-refractivity contribution is 7.98. The maximum atomic E-state index is 11.7. The van der Waals surface area contributed by atoms with Crippen molar-refractivity contribution in [1.29, 1.82) is 0 Å².